The molecular weight excluding hydrogens is 557 g/mol. The van der Waals surface area contributed by atoms with Gasteiger partial charge < -0.3 is 10.1 Å². The summed E-state index contributed by atoms with van der Waals surface area (Å²) in [6.07, 6.45) is 8.69. The first kappa shape index (κ1) is 27.5. The molecule has 2 N–H and O–H groups in total. The minimum absolute atomic E-state index is 0.0160. The number of nitrogens with one attached hydrogen (secondary N) is 2. The van der Waals surface area contributed by atoms with Gasteiger partial charge in [-0.1, -0.05) is 66.9 Å². The number of anilines is 1. The second-order valence-electron chi connectivity index (χ2n) is 8.86. The summed E-state index contributed by atoms with van der Waals surface area (Å²) in [6.45, 7) is 0.652. The van der Waals surface area contributed by atoms with Crippen molar-refractivity contribution in [3.05, 3.63) is 75.4 Å². The van der Waals surface area contributed by atoms with Crippen molar-refractivity contribution in [2.45, 2.75) is 43.4 Å². The number of benzene rings is 2. The van der Waals surface area contributed by atoms with Crippen LogP contribution >= 0.6 is 34.8 Å². The van der Waals surface area contributed by atoms with E-state index >= 15 is 0 Å². The maximum Gasteiger partial charge on any atom is 0.262 e. The van der Waals surface area contributed by atoms with Gasteiger partial charge in [0, 0.05) is 18.3 Å². The van der Waals surface area contributed by atoms with Gasteiger partial charge in [-0.3, -0.25) is 9.52 Å². The molecule has 0 radical (unpaired) electrons. The van der Waals surface area contributed by atoms with Gasteiger partial charge in [0.2, 0.25) is 5.88 Å². The Bertz CT molecular complexity index is 1360. The first-order chi connectivity index (χ1) is 17.7. The van der Waals surface area contributed by atoms with Crippen molar-refractivity contribution in [1.29, 1.82) is 0 Å². The Labute approximate surface area is 231 Å². The van der Waals surface area contributed by atoms with E-state index in [0.29, 0.717) is 23.8 Å². The van der Waals surface area contributed by atoms with Crippen LogP contribution in [0.2, 0.25) is 15.1 Å². The van der Waals surface area contributed by atoms with Gasteiger partial charge in [0.15, 0.2) is 0 Å². The summed E-state index contributed by atoms with van der Waals surface area (Å²) in [7, 11) is -4.04. The molecule has 1 amide bonds. The van der Waals surface area contributed by atoms with Crippen LogP contribution in [0.4, 0.5) is 5.69 Å². The van der Waals surface area contributed by atoms with E-state index in [9.17, 15) is 13.2 Å². The Kier molecular flexibility index (Phi) is 9.18. The summed E-state index contributed by atoms with van der Waals surface area (Å²) in [4.78, 5) is 16.5. The molecule has 1 fully saturated rings. The van der Waals surface area contributed by atoms with E-state index < -0.39 is 10.0 Å². The van der Waals surface area contributed by atoms with Crippen LogP contribution < -0.4 is 14.8 Å². The maximum atomic E-state index is 12.9. The minimum atomic E-state index is -4.04. The third-order valence-corrected chi connectivity index (χ3v) is 8.47. The van der Waals surface area contributed by atoms with Crippen molar-refractivity contribution in [3.63, 3.8) is 0 Å². The van der Waals surface area contributed by atoms with E-state index in [0.717, 1.165) is 6.42 Å². The Morgan fingerprint density at radius 2 is 1.70 bits per heavy atom. The van der Waals surface area contributed by atoms with E-state index in [-0.39, 0.29) is 37.4 Å². The van der Waals surface area contributed by atoms with Crippen LogP contribution in [0.5, 0.6) is 11.6 Å². The zero-order valence-corrected chi connectivity index (χ0v) is 22.9. The molecule has 1 aromatic heterocycles. The number of hydrogen-bond donors (Lipinski definition) is 2. The van der Waals surface area contributed by atoms with Crippen molar-refractivity contribution < 1.29 is 17.9 Å². The summed E-state index contributed by atoms with van der Waals surface area (Å²) in [5, 5.41) is 3.52. The topological polar surface area (TPSA) is 97.4 Å². The quantitative estimate of drug-likeness (QED) is 0.275. The van der Waals surface area contributed by atoms with Gasteiger partial charge in [-0.05, 0) is 60.9 Å². The maximum absolute atomic E-state index is 12.9. The summed E-state index contributed by atoms with van der Waals surface area (Å²) >= 11 is 17.9. The number of sulfonamides is 1. The van der Waals surface area contributed by atoms with Crippen LogP contribution in [0.1, 0.15) is 48.9 Å². The molecule has 7 nitrogen and oxygen atoms in total. The number of amides is 1. The molecule has 11 heteroatoms. The number of pyridine rings is 1. The molecule has 37 heavy (non-hydrogen) atoms. The third-order valence-electron chi connectivity index (χ3n) is 6.16. The van der Waals surface area contributed by atoms with E-state index in [4.69, 9.17) is 39.5 Å². The molecule has 0 spiro atoms. The first-order valence-electron chi connectivity index (χ1n) is 11.9. The van der Waals surface area contributed by atoms with Gasteiger partial charge in [0.25, 0.3) is 15.9 Å². The Morgan fingerprint density at radius 3 is 2.41 bits per heavy atom. The monoisotopic (exact) mass is 581 g/mol. The number of nitrogens with zero attached hydrogens (tertiary/aromatic N) is 1. The SMILES string of the molecule is O=C(NCCC1CCCCC1)c1ccc(Oc2ncc(Cl)cc2NS(=O)(=O)c2ccc(Cl)c(Cl)c2)cc1. The van der Waals surface area contributed by atoms with Gasteiger partial charge >= 0.3 is 0 Å². The molecule has 1 saturated carbocycles. The Morgan fingerprint density at radius 1 is 0.973 bits per heavy atom. The summed E-state index contributed by atoms with van der Waals surface area (Å²) in [5.41, 5.74) is 0.531. The zero-order valence-electron chi connectivity index (χ0n) is 19.8. The molecule has 1 aliphatic carbocycles. The van der Waals surface area contributed by atoms with Crippen LogP contribution in [0.3, 0.4) is 0 Å². The second kappa shape index (κ2) is 12.3. The van der Waals surface area contributed by atoms with E-state index in [1.165, 1.54) is 62.6 Å². The highest BCUT2D eigenvalue weighted by atomic mass is 35.5. The average Bonchev–Trinajstić information content (AvgIpc) is 2.88. The highest BCUT2D eigenvalue weighted by Crippen LogP contribution is 2.33. The lowest BCUT2D eigenvalue weighted by Crippen LogP contribution is -2.26. The van der Waals surface area contributed by atoms with Crippen LogP contribution in [-0.2, 0) is 10.0 Å². The first-order valence-corrected chi connectivity index (χ1v) is 14.5. The largest absolute Gasteiger partial charge is 0.437 e. The van der Waals surface area contributed by atoms with E-state index in [2.05, 4.69) is 15.0 Å². The fourth-order valence-corrected chi connectivity index (χ4v) is 5.78. The van der Waals surface area contributed by atoms with Crippen LogP contribution in [0.25, 0.3) is 0 Å². The lowest BCUT2D eigenvalue weighted by Gasteiger charge is -2.21. The number of carbonyl (C=O) groups is 1. The summed E-state index contributed by atoms with van der Waals surface area (Å²) in [6, 6.07) is 11.8. The molecule has 1 heterocycles. The predicted octanol–water partition coefficient (Wildman–Crippen LogP) is 7.34. The second-order valence-corrected chi connectivity index (χ2v) is 11.8. The molecule has 4 rings (SSSR count). The third kappa shape index (κ3) is 7.51. The van der Waals surface area contributed by atoms with Gasteiger partial charge in [0.1, 0.15) is 11.4 Å². The van der Waals surface area contributed by atoms with Gasteiger partial charge in [0.05, 0.1) is 20.0 Å². The lowest BCUT2D eigenvalue weighted by atomic mass is 9.87. The van der Waals surface area contributed by atoms with Crippen molar-refractivity contribution in [2.75, 3.05) is 11.3 Å². The number of carbonyl (C=O) groups excluding carboxylic acids is 1. The zero-order chi connectivity index (χ0) is 26.4. The van der Waals surface area contributed by atoms with Gasteiger partial charge in [-0.25, -0.2) is 13.4 Å². The molecular formula is C26H26Cl3N3O4S. The van der Waals surface area contributed by atoms with E-state index in [1.807, 2.05) is 0 Å². The van der Waals surface area contributed by atoms with Crippen molar-refractivity contribution in [2.24, 2.45) is 5.92 Å². The average molecular weight is 583 g/mol. The molecule has 196 valence electrons. The smallest absolute Gasteiger partial charge is 0.262 e. The molecule has 0 saturated heterocycles. The van der Waals surface area contributed by atoms with Crippen molar-refractivity contribution in [1.82, 2.24) is 10.3 Å². The van der Waals surface area contributed by atoms with Crippen LogP contribution in [0.15, 0.2) is 59.6 Å². The standard InChI is InChI=1S/C26H26Cl3N3O4S/c27-19-14-24(32-37(34,35)21-10-11-22(28)23(29)15-21)26(31-16-19)36-20-8-6-18(7-9-20)25(33)30-13-12-17-4-2-1-3-5-17/h6-11,14-17,32H,1-5,12-13H2,(H,30,33). The molecule has 0 unspecified atom stereocenters. The minimum Gasteiger partial charge on any atom is -0.437 e. The molecule has 0 atom stereocenters. The molecule has 0 bridgehead atoms. The van der Waals surface area contributed by atoms with Crippen LogP contribution in [0, 0.1) is 5.92 Å². The number of ether oxygens (including phenoxy) is 1. The number of rotatable bonds is 9. The van der Waals surface area contributed by atoms with Gasteiger partial charge in [-0.15, -0.1) is 0 Å². The highest BCUT2D eigenvalue weighted by molar-refractivity contribution is 7.92. The Hall–Kier alpha value is -2.52. The summed E-state index contributed by atoms with van der Waals surface area (Å²) < 4.78 is 34.0. The highest BCUT2D eigenvalue weighted by Gasteiger charge is 2.20. The Balaban J connectivity index is 1.42. The lowest BCUT2D eigenvalue weighted by molar-refractivity contribution is 0.0950. The van der Waals surface area contributed by atoms with E-state index in [1.54, 1.807) is 24.3 Å². The van der Waals surface area contributed by atoms with Crippen molar-refractivity contribution in [3.8, 4) is 11.6 Å². The molecule has 2 aromatic carbocycles. The molecule has 1 aliphatic rings. The molecule has 3 aromatic rings. The van der Waals surface area contributed by atoms with Crippen LogP contribution in [-0.4, -0.2) is 25.9 Å². The summed E-state index contributed by atoms with van der Waals surface area (Å²) in [5.74, 6) is 0.892. The number of aromatic nitrogens is 1. The molecule has 0 aliphatic heterocycles. The predicted molar refractivity (Wildman–Crippen MR) is 147 cm³/mol. The number of halogens is 3. The fourth-order valence-electron chi connectivity index (χ4n) is 4.18. The fraction of sp³-hybridized carbons (Fsp3) is 0.308. The number of hydrogen-bond acceptors (Lipinski definition) is 5. The van der Waals surface area contributed by atoms with Gasteiger partial charge in [-0.2, -0.15) is 0 Å². The van der Waals surface area contributed by atoms with Crippen molar-refractivity contribution >= 4 is 56.4 Å². The normalized spacial score (nSPS) is 14.2.